The number of aromatic nitrogens is 4. The Morgan fingerprint density at radius 1 is 1.15 bits per heavy atom. The molecule has 0 aliphatic carbocycles. The molecule has 1 saturated heterocycles. The molecular weight excluding hydrogens is 367 g/mol. The second kappa shape index (κ2) is 7.52. The zero-order chi connectivity index (χ0) is 18.8. The standard InChI is InChI=1S/C19H20ClFN6/c1-14(10-15-2-3-17(20)16(11-15)12-21)25-6-8-26(9-7-25)19-5-4-18-23-22-13-27(18)24-19/h2-5,11,13H,1,6-10,12H2. The summed E-state index contributed by atoms with van der Waals surface area (Å²) < 4.78 is 14.7. The van der Waals surface area contributed by atoms with Gasteiger partial charge < -0.3 is 9.80 Å². The highest BCUT2D eigenvalue weighted by atomic mass is 35.5. The van der Waals surface area contributed by atoms with Gasteiger partial charge in [-0.05, 0) is 23.8 Å². The van der Waals surface area contributed by atoms with E-state index in [1.54, 1.807) is 16.9 Å². The molecule has 8 heteroatoms. The molecule has 6 nitrogen and oxygen atoms in total. The second-order valence-corrected chi connectivity index (χ2v) is 7.01. The molecule has 0 unspecified atom stereocenters. The van der Waals surface area contributed by atoms with Crippen molar-refractivity contribution >= 4 is 23.1 Å². The van der Waals surface area contributed by atoms with E-state index in [0.29, 0.717) is 17.0 Å². The Morgan fingerprint density at radius 2 is 1.96 bits per heavy atom. The van der Waals surface area contributed by atoms with Crippen LogP contribution in [0.25, 0.3) is 5.65 Å². The van der Waals surface area contributed by atoms with Crippen molar-refractivity contribution in [1.29, 1.82) is 0 Å². The number of rotatable bonds is 5. The zero-order valence-electron chi connectivity index (χ0n) is 14.9. The monoisotopic (exact) mass is 386 g/mol. The predicted octanol–water partition coefficient (Wildman–Crippen LogP) is 3.13. The van der Waals surface area contributed by atoms with Crippen LogP contribution in [0.3, 0.4) is 0 Å². The van der Waals surface area contributed by atoms with Crippen LogP contribution in [-0.2, 0) is 13.1 Å². The van der Waals surface area contributed by atoms with E-state index < -0.39 is 6.67 Å². The molecule has 1 aliphatic heterocycles. The number of allylic oxidation sites excluding steroid dienone is 1. The highest BCUT2D eigenvalue weighted by Gasteiger charge is 2.19. The lowest BCUT2D eigenvalue weighted by molar-refractivity contribution is 0.315. The van der Waals surface area contributed by atoms with Crippen molar-refractivity contribution in [2.24, 2.45) is 0 Å². The van der Waals surface area contributed by atoms with E-state index >= 15 is 0 Å². The minimum absolute atomic E-state index is 0.470. The molecule has 3 aromatic rings. The van der Waals surface area contributed by atoms with Gasteiger partial charge in [0.25, 0.3) is 0 Å². The third-order valence-electron chi connectivity index (χ3n) is 4.86. The summed E-state index contributed by atoms with van der Waals surface area (Å²) in [5.41, 5.74) is 3.33. The number of nitrogens with zero attached hydrogens (tertiary/aromatic N) is 6. The van der Waals surface area contributed by atoms with Gasteiger partial charge in [-0.15, -0.1) is 15.3 Å². The van der Waals surface area contributed by atoms with Gasteiger partial charge in [0, 0.05) is 48.9 Å². The molecule has 1 aromatic carbocycles. The number of piperazine rings is 1. The fraction of sp³-hybridized carbons (Fsp3) is 0.316. The fourth-order valence-electron chi connectivity index (χ4n) is 3.33. The van der Waals surface area contributed by atoms with E-state index in [2.05, 4.69) is 31.7 Å². The lowest BCUT2D eigenvalue weighted by Crippen LogP contribution is -2.46. The highest BCUT2D eigenvalue weighted by Crippen LogP contribution is 2.22. The molecule has 1 fully saturated rings. The Bertz CT molecular complexity index is 964. The van der Waals surface area contributed by atoms with Crippen LogP contribution in [0.15, 0.2) is 48.9 Å². The Hall–Kier alpha value is -2.67. The molecular formula is C19H20ClFN6. The number of alkyl halides is 1. The van der Waals surface area contributed by atoms with Crippen molar-refractivity contribution in [3.63, 3.8) is 0 Å². The van der Waals surface area contributed by atoms with Crippen LogP contribution < -0.4 is 4.90 Å². The Labute approximate surface area is 161 Å². The molecule has 0 atom stereocenters. The topological polar surface area (TPSA) is 49.6 Å². The molecule has 0 radical (unpaired) electrons. The summed E-state index contributed by atoms with van der Waals surface area (Å²) in [6.07, 6.45) is 2.30. The number of halogens is 2. The van der Waals surface area contributed by atoms with Gasteiger partial charge in [-0.1, -0.05) is 30.3 Å². The van der Waals surface area contributed by atoms with Crippen LogP contribution in [0.2, 0.25) is 5.02 Å². The van der Waals surface area contributed by atoms with Gasteiger partial charge in [0.2, 0.25) is 0 Å². The van der Waals surface area contributed by atoms with Crippen LogP contribution in [-0.4, -0.2) is 50.9 Å². The third-order valence-corrected chi connectivity index (χ3v) is 5.23. The first-order valence-electron chi connectivity index (χ1n) is 8.82. The van der Waals surface area contributed by atoms with Gasteiger partial charge in [0.15, 0.2) is 5.65 Å². The summed E-state index contributed by atoms with van der Waals surface area (Å²) in [6.45, 7) is 7.12. The summed E-state index contributed by atoms with van der Waals surface area (Å²) >= 11 is 5.99. The van der Waals surface area contributed by atoms with Crippen molar-refractivity contribution in [3.05, 3.63) is 65.1 Å². The van der Waals surface area contributed by atoms with Crippen LogP contribution in [0, 0.1) is 0 Å². The molecule has 3 heterocycles. The van der Waals surface area contributed by atoms with Gasteiger partial charge in [-0.3, -0.25) is 0 Å². The Balaban J connectivity index is 1.37. The highest BCUT2D eigenvalue weighted by molar-refractivity contribution is 6.31. The first-order chi connectivity index (χ1) is 13.1. The van der Waals surface area contributed by atoms with Crippen molar-refractivity contribution < 1.29 is 4.39 Å². The maximum atomic E-state index is 13.0. The SMILES string of the molecule is C=C(Cc1ccc(Cl)c(CF)c1)N1CCN(c2ccc3nncn3n2)CC1. The molecule has 4 rings (SSSR count). The minimum Gasteiger partial charge on any atom is -0.371 e. The second-order valence-electron chi connectivity index (χ2n) is 6.60. The van der Waals surface area contributed by atoms with Crippen molar-refractivity contribution in [1.82, 2.24) is 24.7 Å². The maximum Gasteiger partial charge on any atom is 0.177 e. The van der Waals surface area contributed by atoms with E-state index in [1.807, 2.05) is 24.3 Å². The molecule has 2 aromatic heterocycles. The smallest absolute Gasteiger partial charge is 0.177 e. The van der Waals surface area contributed by atoms with E-state index in [-0.39, 0.29) is 0 Å². The molecule has 27 heavy (non-hydrogen) atoms. The van der Waals surface area contributed by atoms with Crippen LogP contribution >= 0.6 is 11.6 Å². The molecule has 0 amide bonds. The summed E-state index contributed by atoms with van der Waals surface area (Å²) in [7, 11) is 0. The van der Waals surface area contributed by atoms with Gasteiger partial charge >= 0.3 is 0 Å². The molecule has 0 N–H and O–H groups in total. The summed E-state index contributed by atoms with van der Waals surface area (Å²) in [4.78, 5) is 4.52. The lowest BCUT2D eigenvalue weighted by Gasteiger charge is -2.37. The molecule has 1 aliphatic rings. The van der Waals surface area contributed by atoms with Gasteiger partial charge in [0.1, 0.15) is 18.8 Å². The quantitative estimate of drug-likeness (QED) is 0.674. The third kappa shape index (κ3) is 3.73. The van der Waals surface area contributed by atoms with Crippen molar-refractivity contribution in [3.8, 4) is 0 Å². The van der Waals surface area contributed by atoms with Gasteiger partial charge in [-0.25, -0.2) is 4.39 Å². The van der Waals surface area contributed by atoms with E-state index in [4.69, 9.17) is 11.6 Å². The number of fused-ring (bicyclic) bond motifs is 1. The molecule has 140 valence electrons. The van der Waals surface area contributed by atoms with Crippen LogP contribution in [0.5, 0.6) is 0 Å². The number of hydrogen-bond acceptors (Lipinski definition) is 5. The maximum absolute atomic E-state index is 13.0. The molecule has 0 spiro atoms. The minimum atomic E-state index is -0.554. The summed E-state index contributed by atoms with van der Waals surface area (Å²) in [6, 6.07) is 9.40. The molecule has 0 bridgehead atoms. The van der Waals surface area contributed by atoms with Crippen LogP contribution in [0.4, 0.5) is 10.2 Å². The number of anilines is 1. The Kier molecular flexibility index (Phi) is 4.94. The lowest BCUT2D eigenvalue weighted by atomic mass is 10.1. The average molecular weight is 387 g/mol. The normalized spacial score (nSPS) is 14.7. The van der Waals surface area contributed by atoms with Crippen molar-refractivity contribution in [2.45, 2.75) is 13.1 Å². The zero-order valence-corrected chi connectivity index (χ0v) is 15.6. The van der Waals surface area contributed by atoms with E-state index in [0.717, 1.165) is 48.9 Å². The van der Waals surface area contributed by atoms with E-state index in [9.17, 15) is 4.39 Å². The number of hydrogen-bond donors (Lipinski definition) is 0. The first-order valence-corrected chi connectivity index (χ1v) is 9.20. The summed E-state index contributed by atoms with van der Waals surface area (Å²) in [5.74, 6) is 0.915. The predicted molar refractivity (Wildman–Crippen MR) is 104 cm³/mol. The largest absolute Gasteiger partial charge is 0.371 e. The molecule has 0 saturated carbocycles. The number of benzene rings is 1. The Morgan fingerprint density at radius 3 is 2.74 bits per heavy atom. The summed E-state index contributed by atoms with van der Waals surface area (Å²) in [5, 5.41) is 12.9. The first kappa shape index (κ1) is 17.7. The average Bonchev–Trinajstić information content (AvgIpc) is 3.17. The van der Waals surface area contributed by atoms with Gasteiger partial charge in [-0.2, -0.15) is 4.52 Å². The fourth-order valence-corrected chi connectivity index (χ4v) is 3.49. The van der Waals surface area contributed by atoms with Crippen molar-refractivity contribution in [2.75, 3.05) is 31.1 Å². The van der Waals surface area contributed by atoms with E-state index in [1.165, 1.54) is 0 Å². The van der Waals surface area contributed by atoms with Gasteiger partial charge in [0.05, 0.1) is 0 Å². The van der Waals surface area contributed by atoms with Crippen LogP contribution in [0.1, 0.15) is 11.1 Å².